The van der Waals surface area contributed by atoms with Gasteiger partial charge >= 0.3 is 0 Å². The van der Waals surface area contributed by atoms with Crippen molar-refractivity contribution >= 4 is 15.9 Å². The number of sulfonamides is 1. The maximum atomic E-state index is 12.4. The molecule has 26 heavy (non-hydrogen) atoms. The number of carbonyl (C=O) groups is 1. The van der Waals surface area contributed by atoms with Crippen LogP contribution in [0.2, 0.25) is 0 Å². The van der Waals surface area contributed by atoms with Crippen LogP contribution in [-0.2, 0) is 14.8 Å². The molecule has 0 heterocycles. The Hall–Kier alpha value is -1.86. The number of unbranched alkanes of at least 4 members (excludes halogenated alkanes) is 4. The van der Waals surface area contributed by atoms with Crippen molar-refractivity contribution in [2.75, 3.05) is 6.61 Å². The van der Waals surface area contributed by atoms with Gasteiger partial charge in [-0.1, -0.05) is 44.7 Å². The molecule has 1 aliphatic rings. The quantitative estimate of drug-likeness (QED) is 0.454. The minimum absolute atomic E-state index is 0.0197. The van der Waals surface area contributed by atoms with Crippen molar-refractivity contribution in [2.24, 2.45) is 11.7 Å². The Labute approximate surface area is 155 Å². The Kier molecular flexibility index (Phi) is 6.83. The van der Waals surface area contributed by atoms with Crippen molar-refractivity contribution in [2.45, 2.75) is 55.9 Å². The molecule has 0 saturated heterocycles. The van der Waals surface area contributed by atoms with Crippen LogP contribution >= 0.6 is 0 Å². The molecule has 1 saturated carbocycles. The van der Waals surface area contributed by atoms with E-state index >= 15 is 0 Å². The van der Waals surface area contributed by atoms with Crippen LogP contribution in [0.25, 0.3) is 0 Å². The molecule has 0 bridgehead atoms. The first kappa shape index (κ1) is 20.5. The average Bonchev–Trinajstić information content (AvgIpc) is 3.30. The highest BCUT2D eigenvalue weighted by Gasteiger charge is 2.56. The van der Waals surface area contributed by atoms with Gasteiger partial charge < -0.3 is 10.5 Å². The van der Waals surface area contributed by atoms with Crippen LogP contribution in [0, 0.1) is 5.92 Å². The summed E-state index contributed by atoms with van der Waals surface area (Å²) in [4.78, 5) is 12.2. The monoisotopic (exact) mass is 380 g/mol. The van der Waals surface area contributed by atoms with Crippen LogP contribution in [0.15, 0.2) is 41.8 Å². The third kappa shape index (κ3) is 5.08. The number of carbonyl (C=O) groups excluding carboxylic acids is 1. The molecule has 2 atom stereocenters. The summed E-state index contributed by atoms with van der Waals surface area (Å²) in [5.41, 5.74) is 4.72. The van der Waals surface area contributed by atoms with Crippen molar-refractivity contribution in [3.8, 4) is 5.75 Å². The highest BCUT2D eigenvalue weighted by Crippen LogP contribution is 2.42. The largest absolute Gasteiger partial charge is 0.494 e. The van der Waals surface area contributed by atoms with E-state index in [0.717, 1.165) is 12.8 Å². The van der Waals surface area contributed by atoms with E-state index in [4.69, 9.17) is 10.5 Å². The van der Waals surface area contributed by atoms with Gasteiger partial charge in [-0.25, -0.2) is 13.1 Å². The van der Waals surface area contributed by atoms with Crippen molar-refractivity contribution in [1.82, 2.24) is 4.72 Å². The predicted octanol–water partition coefficient (Wildman–Crippen LogP) is 2.74. The number of hydrogen-bond acceptors (Lipinski definition) is 5. The molecule has 1 amide bonds. The second-order valence-electron chi connectivity index (χ2n) is 6.76. The number of amides is 1. The van der Waals surface area contributed by atoms with Crippen LogP contribution in [0.5, 0.6) is 5.75 Å². The number of nitrogens with one attached hydrogen (secondary N) is 1. The van der Waals surface area contributed by atoms with Crippen molar-refractivity contribution < 1.29 is 17.9 Å². The van der Waals surface area contributed by atoms with E-state index in [9.17, 15) is 13.2 Å². The van der Waals surface area contributed by atoms with E-state index in [1.54, 1.807) is 18.2 Å². The van der Waals surface area contributed by atoms with Crippen LogP contribution in [0.1, 0.15) is 45.4 Å². The van der Waals surface area contributed by atoms with Gasteiger partial charge in [0.1, 0.15) is 11.3 Å². The van der Waals surface area contributed by atoms with Crippen LogP contribution < -0.4 is 15.2 Å². The summed E-state index contributed by atoms with van der Waals surface area (Å²) >= 11 is 0. The van der Waals surface area contributed by atoms with E-state index in [1.807, 2.05) is 0 Å². The molecular weight excluding hydrogens is 352 g/mol. The van der Waals surface area contributed by atoms with Gasteiger partial charge in [0, 0.05) is 12.0 Å². The lowest BCUT2D eigenvalue weighted by molar-refractivity contribution is -0.121. The van der Waals surface area contributed by atoms with E-state index in [0.29, 0.717) is 18.8 Å². The molecule has 144 valence electrons. The summed E-state index contributed by atoms with van der Waals surface area (Å²) in [7, 11) is -3.99. The second-order valence-corrected chi connectivity index (χ2v) is 8.44. The molecule has 0 unspecified atom stereocenters. The highest BCUT2D eigenvalue weighted by molar-refractivity contribution is 7.90. The minimum atomic E-state index is -3.99. The number of ether oxygens (including phenoxy) is 1. The first-order valence-corrected chi connectivity index (χ1v) is 10.5. The van der Waals surface area contributed by atoms with Gasteiger partial charge in [0.2, 0.25) is 0 Å². The molecule has 0 aliphatic heterocycles. The molecule has 0 spiro atoms. The zero-order valence-corrected chi connectivity index (χ0v) is 16.1. The number of hydrogen-bond donors (Lipinski definition) is 2. The molecular formula is C19H28N2O4S. The van der Waals surface area contributed by atoms with Gasteiger partial charge in [0.25, 0.3) is 15.9 Å². The molecule has 1 fully saturated rings. The minimum Gasteiger partial charge on any atom is -0.494 e. The summed E-state index contributed by atoms with van der Waals surface area (Å²) in [6.45, 7) is 6.29. The predicted molar refractivity (Wildman–Crippen MR) is 101 cm³/mol. The zero-order valence-electron chi connectivity index (χ0n) is 15.2. The highest BCUT2D eigenvalue weighted by atomic mass is 32.2. The molecule has 1 aliphatic carbocycles. The summed E-state index contributed by atoms with van der Waals surface area (Å²) in [6, 6.07) is 6.13. The van der Waals surface area contributed by atoms with Gasteiger partial charge in [0.15, 0.2) is 0 Å². The third-order valence-corrected chi connectivity index (χ3v) is 5.95. The van der Waals surface area contributed by atoms with E-state index in [-0.39, 0.29) is 10.8 Å². The van der Waals surface area contributed by atoms with Crippen LogP contribution in [-0.4, -0.2) is 26.5 Å². The smallest absolute Gasteiger partial charge is 0.264 e. The maximum absolute atomic E-state index is 12.4. The Morgan fingerprint density at radius 2 is 2.12 bits per heavy atom. The lowest BCUT2D eigenvalue weighted by Crippen LogP contribution is -2.46. The summed E-state index contributed by atoms with van der Waals surface area (Å²) < 4.78 is 32.6. The van der Waals surface area contributed by atoms with Crippen LogP contribution in [0.3, 0.4) is 0 Å². The standard InChI is InChI=1S/C19H28N2O4S/c1-3-5-6-7-8-12-25-16-10-9-11-17(13-16)26(23,24)21-18(22)19(20)14-15(19)4-2/h4,9-11,13,15H,2-3,5-8,12,14,20H2,1H3,(H,21,22)/t15-,19-/m1/s1. The zero-order chi connectivity index (χ0) is 19.2. The van der Waals surface area contributed by atoms with Gasteiger partial charge in [-0.05, 0) is 25.0 Å². The lowest BCUT2D eigenvalue weighted by atomic mass is 10.2. The first-order valence-electron chi connectivity index (χ1n) is 9.05. The molecule has 3 N–H and O–H groups in total. The summed E-state index contributed by atoms with van der Waals surface area (Å²) in [5.74, 6) is -0.432. The second kappa shape index (κ2) is 8.68. The molecule has 2 rings (SSSR count). The fraction of sp³-hybridized carbons (Fsp3) is 0.526. The Balaban J connectivity index is 1.93. The summed E-state index contributed by atoms with van der Waals surface area (Å²) in [6.07, 6.45) is 7.55. The lowest BCUT2D eigenvalue weighted by Gasteiger charge is -2.13. The number of rotatable bonds is 11. The molecule has 0 aromatic heterocycles. The fourth-order valence-corrected chi connectivity index (χ4v) is 3.84. The van der Waals surface area contributed by atoms with Crippen molar-refractivity contribution in [3.05, 3.63) is 36.9 Å². The Bertz CT molecular complexity index is 748. The Morgan fingerprint density at radius 3 is 2.77 bits per heavy atom. The molecule has 7 heteroatoms. The maximum Gasteiger partial charge on any atom is 0.264 e. The first-order chi connectivity index (χ1) is 12.3. The van der Waals surface area contributed by atoms with Gasteiger partial charge in [-0.3, -0.25) is 4.79 Å². The van der Waals surface area contributed by atoms with Gasteiger partial charge in [-0.15, -0.1) is 6.58 Å². The van der Waals surface area contributed by atoms with Gasteiger partial charge in [0.05, 0.1) is 11.5 Å². The van der Waals surface area contributed by atoms with E-state index in [2.05, 4.69) is 18.2 Å². The molecule has 0 radical (unpaired) electrons. The number of benzene rings is 1. The topological polar surface area (TPSA) is 98.5 Å². The van der Waals surface area contributed by atoms with E-state index < -0.39 is 21.5 Å². The summed E-state index contributed by atoms with van der Waals surface area (Å²) in [5, 5.41) is 0. The fourth-order valence-electron chi connectivity index (χ4n) is 2.76. The van der Waals surface area contributed by atoms with Gasteiger partial charge in [-0.2, -0.15) is 0 Å². The van der Waals surface area contributed by atoms with Crippen molar-refractivity contribution in [1.29, 1.82) is 0 Å². The van der Waals surface area contributed by atoms with Crippen LogP contribution in [0.4, 0.5) is 0 Å². The average molecular weight is 381 g/mol. The Morgan fingerprint density at radius 1 is 1.38 bits per heavy atom. The number of nitrogens with two attached hydrogens (primary N) is 1. The molecule has 6 nitrogen and oxygen atoms in total. The molecule has 1 aromatic carbocycles. The van der Waals surface area contributed by atoms with E-state index in [1.165, 1.54) is 31.4 Å². The molecule has 1 aromatic rings. The SMILES string of the molecule is C=C[C@@H]1C[C@]1(N)C(=O)NS(=O)(=O)c1cccc(OCCCCCCC)c1. The van der Waals surface area contributed by atoms with Crippen molar-refractivity contribution in [3.63, 3.8) is 0 Å². The third-order valence-electron chi connectivity index (χ3n) is 4.63. The normalized spacial score (nSPS) is 21.8.